The SMILES string of the molecule is COc1ccc(C(=O)COC(=O)c2cnn(Cc3ccccc3Cl)c2)cc1Cl. The molecule has 0 radical (unpaired) electrons. The lowest BCUT2D eigenvalue weighted by Gasteiger charge is -2.06. The van der Waals surface area contributed by atoms with Crippen molar-refractivity contribution >= 4 is 35.0 Å². The van der Waals surface area contributed by atoms with Gasteiger partial charge in [0.15, 0.2) is 12.4 Å². The molecule has 8 heteroatoms. The summed E-state index contributed by atoms with van der Waals surface area (Å²) in [5.74, 6) is -0.555. The summed E-state index contributed by atoms with van der Waals surface area (Å²) >= 11 is 12.1. The standard InChI is InChI=1S/C20H16Cl2N2O4/c1-27-19-7-6-13(8-17(19)22)18(25)12-28-20(26)15-9-23-24(11-15)10-14-4-2-3-5-16(14)21/h2-9,11H,10,12H2,1H3. The zero-order chi connectivity index (χ0) is 20.1. The van der Waals surface area contributed by atoms with Gasteiger partial charge >= 0.3 is 5.97 Å². The topological polar surface area (TPSA) is 70.4 Å². The van der Waals surface area contributed by atoms with Gasteiger partial charge in [-0.2, -0.15) is 5.10 Å². The van der Waals surface area contributed by atoms with E-state index in [1.165, 1.54) is 19.4 Å². The van der Waals surface area contributed by atoms with Crippen molar-refractivity contribution in [2.45, 2.75) is 6.54 Å². The number of benzene rings is 2. The molecule has 3 aromatic rings. The number of nitrogens with zero attached hydrogens (tertiary/aromatic N) is 2. The minimum absolute atomic E-state index is 0.243. The fraction of sp³-hybridized carbons (Fsp3) is 0.150. The molecule has 0 unspecified atom stereocenters. The van der Waals surface area contributed by atoms with Crippen molar-refractivity contribution < 1.29 is 19.1 Å². The third-order valence-corrected chi connectivity index (χ3v) is 4.63. The molecule has 0 aliphatic heterocycles. The summed E-state index contributed by atoms with van der Waals surface area (Å²) in [6.45, 7) is 0.00736. The van der Waals surface area contributed by atoms with Crippen LogP contribution in [0.1, 0.15) is 26.3 Å². The monoisotopic (exact) mass is 418 g/mol. The van der Waals surface area contributed by atoms with Crippen LogP contribution in [0, 0.1) is 0 Å². The summed E-state index contributed by atoms with van der Waals surface area (Å²) in [6, 6.07) is 12.0. The Morgan fingerprint density at radius 2 is 1.86 bits per heavy atom. The Hall–Kier alpha value is -2.83. The van der Waals surface area contributed by atoms with Crippen LogP contribution in [0.5, 0.6) is 5.75 Å². The second kappa shape index (κ2) is 8.91. The largest absolute Gasteiger partial charge is 0.495 e. The highest BCUT2D eigenvalue weighted by Crippen LogP contribution is 2.25. The van der Waals surface area contributed by atoms with Crippen molar-refractivity contribution in [3.05, 3.63) is 81.6 Å². The van der Waals surface area contributed by atoms with E-state index in [0.717, 1.165) is 5.56 Å². The maximum atomic E-state index is 12.2. The van der Waals surface area contributed by atoms with Crippen LogP contribution in [0.2, 0.25) is 10.0 Å². The summed E-state index contributed by atoms with van der Waals surface area (Å²) in [5, 5.41) is 5.05. The highest BCUT2D eigenvalue weighted by molar-refractivity contribution is 6.32. The first-order valence-corrected chi connectivity index (χ1v) is 9.03. The Morgan fingerprint density at radius 1 is 1.07 bits per heavy atom. The van der Waals surface area contributed by atoms with Gasteiger partial charge in [-0.3, -0.25) is 9.48 Å². The summed E-state index contributed by atoms with van der Waals surface area (Å²) in [6.07, 6.45) is 2.92. The molecule has 0 spiro atoms. The molecule has 3 rings (SSSR count). The Balaban J connectivity index is 1.59. The molecule has 0 aliphatic carbocycles. The number of Topliss-reactive ketones (excluding diaryl/α,β-unsaturated/α-hetero) is 1. The van der Waals surface area contributed by atoms with Gasteiger partial charge in [-0.1, -0.05) is 41.4 Å². The number of aromatic nitrogens is 2. The van der Waals surface area contributed by atoms with Crippen molar-refractivity contribution in [2.24, 2.45) is 0 Å². The highest BCUT2D eigenvalue weighted by atomic mass is 35.5. The molecule has 0 saturated heterocycles. The highest BCUT2D eigenvalue weighted by Gasteiger charge is 2.15. The maximum Gasteiger partial charge on any atom is 0.341 e. The quantitative estimate of drug-likeness (QED) is 0.422. The molecule has 0 amide bonds. The van der Waals surface area contributed by atoms with Crippen LogP contribution in [-0.2, 0) is 11.3 Å². The van der Waals surface area contributed by atoms with Crippen molar-refractivity contribution in [3.63, 3.8) is 0 Å². The van der Waals surface area contributed by atoms with Gasteiger partial charge in [-0.05, 0) is 29.8 Å². The van der Waals surface area contributed by atoms with E-state index in [4.69, 9.17) is 32.7 Å². The van der Waals surface area contributed by atoms with Crippen LogP contribution in [0.15, 0.2) is 54.9 Å². The number of rotatable bonds is 7. The van der Waals surface area contributed by atoms with E-state index < -0.39 is 12.6 Å². The lowest BCUT2D eigenvalue weighted by atomic mass is 10.1. The van der Waals surface area contributed by atoms with Gasteiger partial charge in [0.25, 0.3) is 0 Å². The molecule has 2 aromatic carbocycles. The number of ketones is 1. The smallest absolute Gasteiger partial charge is 0.341 e. The van der Waals surface area contributed by atoms with Crippen LogP contribution in [-0.4, -0.2) is 35.2 Å². The molecule has 0 N–H and O–H groups in total. The van der Waals surface area contributed by atoms with Crippen LogP contribution in [0.25, 0.3) is 0 Å². The number of methoxy groups -OCH3 is 1. The molecule has 0 fully saturated rings. The molecular weight excluding hydrogens is 403 g/mol. The van der Waals surface area contributed by atoms with E-state index in [1.807, 2.05) is 18.2 Å². The van der Waals surface area contributed by atoms with Gasteiger partial charge in [0.1, 0.15) is 5.75 Å². The van der Waals surface area contributed by atoms with Gasteiger partial charge in [0, 0.05) is 16.8 Å². The molecule has 0 saturated carbocycles. The number of carbonyl (C=O) groups is 2. The lowest BCUT2D eigenvalue weighted by molar-refractivity contribution is 0.0474. The van der Waals surface area contributed by atoms with Gasteiger partial charge in [0.05, 0.1) is 30.4 Å². The average Bonchev–Trinajstić information content (AvgIpc) is 3.16. The molecule has 0 bridgehead atoms. The van der Waals surface area contributed by atoms with E-state index in [1.54, 1.807) is 29.1 Å². The Kier molecular flexibility index (Phi) is 6.34. The first kappa shape index (κ1) is 19.9. The summed E-state index contributed by atoms with van der Waals surface area (Å²) in [5.41, 5.74) is 1.44. The summed E-state index contributed by atoms with van der Waals surface area (Å²) in [7, 11) is 1.48. The van der Waals surface area contributed by atoms with Crippen molar-refractivity contribution in [2.75, 3.05) is 13.7 Å². The van der Waals surface area contributed by atoms with Crippen LogP contribution < -0.4 is 4.74 Å². The lowest BCUT2D eigenvalue weighted by Crippen LogP contribution is -2.14. The molecule has 0 aliphatic rings. The Morgan fingerprint density at radius 3 is 2.57 bits per heavy atom. The maximum absolute atomic E-state index is 12.2. The normalized spacial score (nSPS) is 10.5. The number of carbonyl (C=O) groups excluding carboxylic acids is 2. The first-order valence-electron chi connectivity index (χ1n) is 8.27. The average molecular weight is 419 g/mol. The minimum Gasteiger partial charge on any atom is -0.495 e. The van der Waals surface area contributed by atoms with Gasteiger partial charge < -0.3 is 9.47 Å². The summed E-state index contributed by atoms with van der Waals surface area (Å²) in [4.78, 5) is 24.4. The molecule has 1 heterocycles. The Labute approximate surface area is 171 Å². The van der Waals surface area contributed by atoms with Crippen molar-refractivity contribution in [3.8, 4) is 5.75 Å². The van der Waals surface area contributed by atoms with Gasteiger partial charge in [-0.25, -0.2) is 4.79 Å². The van der Waals surface area contributed by atoms with Crippen molar-refractivity contribution in [1.82, 2.24) is 9.78 Å². The van der Waals surface area contributed by atoms with E-state index >= 15 is 0 Å². The third kappa shape index (κ3) is 4.71. The fourth-order valence-electron chi connectivity index (χ4n) is 2.49. The van der Waals surface area contributed by atoms with Crippen LogP contribution in [0.3, 0.4) is 0 Å². The summed E-state index contributed by atoms with van der Waals surface area (Å²) < 4.78 is 11.7. The first-order chi connectivity index (χ1) is 13.5. The molecule has 6 nitrogen and oxygen atoms in total. The molecule has 1 aromatic heterocycles. The van der Waals surface area contributed by atoms with E-state index in [9.17, 15) is 9.59 Å². The van der Waals surface area contributed by atoms with Gasteiger partial charge in [0.2, 0.25) is 0 Å². The number of ether oxygens (including phenoxy) is 2. The van der Waals surface area contributed by atoms with E-state index in [-0.39, 0.29) is 11.3 Å². The number of hydrogen-bond acceptors (Lipinski definition) is 5. The molecule has 0 atom stereocenters. The minimum atomic E-state index is -0.640. The zero-order valence-corrected chi connectivity index (χ0v) is 16.4. The van der Waals surface area contributed by atoms with Gasteiger partial charge in [-0.15, -0.1) is 0 Å². The van der Waals surface area contributed by atoms with Crippen molar-refractivity contribution in [1.29, 1.82) is 0 Å². The molecule has 144 valence electrons. The number of esters is 1. The van der Waals surface area contributed by atoms with E-state index in [2.05, 4.69) is 5.10 Å². The zero-order valence-electron chi connectivity index (χ0n) is 14.9. The predicted molar refractivity (Wildman–Crippen MR) is 105 cm³/mol. The van der Waals surface area contributed by atoms with Crippen LogP contribution >= 0.6 is 23.2 Å². The third-order valence-electron chi connectivity index (χ3n) is 3.97. The van der Waals surface area contributed by atoms with Crippen LogP contribution in [0.4, 0.5) is 0 Å². The number of halogens is 2. The van der Waals surface area contributed by atoms with E-state index in [0.29, 0.717) is 27.9 Å². The molecule has 28 heavy (non-hydrogen) atoms. The second-order valence-electron chi connectivity index (χ2n) is 5.87. The number of hydrogen-bond donors (Lipinski definition) is 0. The second-order valence-corrected chi connectivity index (χ2v) is 6.68. The Bertz CT molecular complexity index is 1020. The fourth-order valence-corrected chi connectivity index (χ4v) is 2.95. The molecular formula is C20H16Cl2N2O4. The predicted octanol–water partition coefficient (Wildman–Crippen LogP) is 4.29.